The van der Waals surface area contributed by atoms with E-state index in [-0.39, 0.29) is 6.03 Å². The van der Waals surface area contributed by atoms with Crippen molar-refractivity contribution in [3.63, 3.8) is 0 Å². The summed E-state index contributed by atoms with van der Waals surface area (Å²) < 4.78 is 0. The molecule has 0 unspecified atom stereocenters. The van der Waals surface area contributed by atoms with Crippen LogP contribution in [0.25, 0.3) is 0 Å². The molecule has 0 aliphatic rings. The number of urea groups is 1. The van der Waals surface area contributed by atoms with Crippen LogP contribution in [-0.4, -0.2) is 13.1 Å². The molecule has 2 amide bonds. The molecule has 1 aromatic heterocycles. The molecular weight excluding hydrogens is 258 g/mol. The molecule has 3 N–H and O–H groups in total. The topological polar surface area (TPSA) is 53.2 Å². The van der Waals surface area contributed by atoms with E-state index in [1.54, 1.807) is 18.4 Å². The number of thiophene rings is 1. The van der Waals surface area contributed by atoms with Crippen LogP contribution in [0.5, 0.6) is 0 Å². The van der Waals surface area contributed by atoms with Crippen LogP contribution in [-0.2, 0) is 6.54 Å². The van der Waals surface area contributed by atoms with Crippen molar-refractivity contribution in [1.82, 2.24) is 5.32 Å². The fourth-order valence-electron chi connectivity index (χ4n) is 1.63. The molecule has 2 rings (SSSR count). The summed E-state index contributed by atoms with van der Waals surface area (Å²) in [5.74, 6) is 0. The molecule has 1 heterocycles. The summed E-state index contributed by atoms with van der Waals surface area (Å²) in [6, 6.07) is 9.56. The first-order chi connectivity index (χ1) is 9.19. The average Bonchev–Trinajstić information content (AvgIpc) is 2.83. The lowest BCUT2D eigenvalue weighted by Gasteiger charge is -2.08. The third-order valence-corrected chi connectivity index (χ3v) is 3.81. The maximum absolute atomic E-state index is 11.1. The van der Waals surface area contributed by atoms with E-state index in [2.05, 4.69) is 34.3 Å². The molecule has 0 radical (unpaired) electrons. The highest BCUT2D eigenvalue weighted by atomic mass is 32.1. The highest BCUT2D eigenvalue weighted by molar-refractivity contribution is 7.10. The SMILES string of the molecule is CNC(=O)Nc1ccc(NCc2sccc2C)cc1. The van der Waals surface area contributed by atoms with Crippen molar-refractivity contribution in [2.75, 3.05) is 17.7 Å². The molecule has 2 aromatic rings. The minimum absolute atomic E-state index is 0.213. The summed E-state index contributed by atoms with van der Waals surface area (Å²) in [4.78, 5) is 12.5. The van der Waals surface area contributed by atoms with E-state index in [1.165, 1.54) is 10.4 Å². The molecule has 0 saturated carbocycles. The Morgan fingerprint density at radius 1 is 1.16 bits per heavy atom. The fraction of sp³-hybridized carbons (Fsp3) is 0.214. The van der Waals surface area contributed by atoms with Crippen LogP contribution < -0.4 is 16.0 Å². The quantitative estimate of drug-likeness (QED) is 0.801. The molecule has 0 aliphatic carbocycles. The van der Waals surface area contributed by atoms with Gasteiger partial charge in [-0.3, -0.25) is 0 Å². The maximum Gasteiger partial charge on any atom is 0.318 e. The van der Waals surface area contributed by atoms with Crippen LogP contribution in [0.15, 0.2) is 35.7 Å². The first kappa shape index (κ1) is 13.4. The predicted octanol–water partition coefficient (Wildman–Crippen LogP) is 3.42. The molecule has 19 heavy (non-hydrogen) atoms. The van der Waals surface area contributed by atoms with E-state index < -0.39 is 0 Å². The molecule has 4 nitrogen and oxygen atoms in total. The van der Waals surface area contributed by atoms with Gasteiger partial charge in [0.1, 0.15) is 0 Å². The smallest absolute Gasteiger partial charge is 0.318 e. The lowest BCUT2D eigenvalue weighted by molar-refractivity contribution is 0.254. The number of rotatable bonds is 4. The second-order valence-electron chi connectivity index (χ2n) is 4.16. The zero-order valence-electron chi connectivity index (χ0n) is 11.0. The third kappa shape index (κ3) is 3.72. The molecular formula is C14H17N3OS. The van der Waals surface area contributed by atoms with Crippen molar-refractivity contribution in [1.29, 1.82) is 0 Å². The normalized spacial score (nSPS) is 10.0. The minimum Gasteiger partial charge on any atom is -0.380 e. The number of carbonyl (C=O) groups is 1. The third-order valence-electron chi connectivity index (χ3n) is 2.79. The van der Waals surface area contributed by atoms with Gasteiger partial charge in [0.15, 0.2) is 0 Å². The van der Waals surface area contributed by atoms with Gasteiger partial charge in [-0.15, -0.1) is 11.3 Å². The van der Waals surface area contributed by atoms with Crippen LogP contribution in [0.3, 0.4) is 0 Å². The van der Waals surface area contributed by atoms with Gasteiger partial charge in [-0.05, 0) is 48.2 Å². The molecule has 0 saturated heterocycles. The lowest BCUT2D eigenvalue weighted by Crippen LogP contribution is -2.24. The molecule has 0 bridgehead atoms. The van der Waals surface area contributed by atoms with E-state index in [0.29, 0.717) is 0 Å². The molecule has 5 heteroatoms. The van der Waals surface area contributed by atoms with Gasteiger partial charge in [-0.25, -0.2) is 4.79 Å². The number of amides is 2. The molecule has 1 aromatic carbocycles. The number of aryl methyl sites for hydroxylation is 1. The van der Waals surface area contributed by atoms with E-state index in [4.69, 9.17) is 0 Å². The van der Waals surface area contributed by atoms with Gasteiger partial charge >= 0.3 is 6.03 Å². The summed E-state index contributed by atoms with van der Waals surface area (Å²) in [5, 5.41) is 10.7. The number of hydrogen-bond donors (Lipinski definition) is 3. The van der Waals surface area contributed by atoms with Gasteiger partial charge in [0.2, 0.25) is 0 Å². The van der Waals surface area contributed by atoms with Crippen LogP contribution >= 0.6 is 11.3 Å². The van der Waals surface area contributed by atoms with Gasteiger partial charge in [-0.2, -0.15) is 0 Å². The van der Waals surface area contributed by atoms with Crippen molar-refractivity contribution in [3.05, 3.63) is 46.2 Å². The van der Waals surface area contributed by atoms with Crippen molar-refractivity contribution < 1.29 is 4.79 Å². The standard InChI is InChI=1S/C14H17N3OS/c1-10-7-8-19-13(10)9-16-11-3-5-12(6-4-11)17-14(18)15-2/h3-8,16H,9H2,1-2H3,(H2,15,17,18). The second-order valence-corrected chi connectivity index (χ2v) is 5.16. The minimum atomic E-state index is -0.213. The van der Waals surface area contributed by atoms with Crippen molar-refractivity contribution in [3.8, 4) is 0 Å². The first-order valence-electron chi connectivity index (χ1n) is 6.04. The monoisotopic (exact) mass is 275 g/mol. The first-order valence-corrected chi connectivity index (χ1v) is 6.92. The Balaban J connectivity index is 1.92. The summed E-state index contributed by atoms with van der Waals surface area (Å²) in [6.45, 7) is 2.94. The fourth-order valence-corrected chi connectivity index (χ4v) is 2.48. The zero-order chi connectivity index (χ0) is 13.7. The van der Waals surface area contributed by atoms with E-state index in [9.17, 15) is 4.79 Å². The molecule has 0 spiro atoms. The van der Waals surface area contributed by atoms with Crippen molar-refractivity contribution in [2.45, 2.75) is 13.5 Å². The second kappa shape index (κ2) is 6.24. The van der Waals surface area contributed by atoms with Crippen LogP contribution in [0.2, 0.25) is 0 Å². The van der Waals surface area contributed by atoms with Crippen molar-refractivity contribution in [2.24, 2.45) is 0 Å². The molecule has 0 fully saturated rings. The summed E-state index contributed by atoms with van der Waals surface area (Å²) >= 11 is 1.76. The Labute approximate surface area is 116 Å². The Kier molecular flexibility index (Phi) is 4.41. The number of hydrogen-bond acceptors (Lipinski definition) is 3. The predicted molar refractivity (Wildman–Crippen MR) is 80.9 cm³/mol. The van der Waals surface area contributed by atoms with E-state index >= 15 is 0 Å². The highest BCUT2D eigenvalue weighted by Gasteiger charge is 2.01. The van der Waals surface area contributed by atoms with Crippen molar-refractivity contribution >= 4 is 28.7 Å². The van der Waals surface area contributed by atoms with Crippen LogP contribution in [0, 0.1) is 6.92 Å². The van der Waals surface area contributed by atoms with Gasteiger partial charge in [0, 0.05) is 29.8 Å². The number of carbonyl (C=O) groups excluding carboxylic acids is 1. The maximum atomic E-state index is 11.1. The number of anilines is 2. The van der Waals surface area contributed by atoms with Gasteiger partial charge in [-0.1, -0.05) is 0 Å². The Bertz CT molecular complexity index is 548. The Hall–Kier alpha value is -2.01. The van der Waals surface area contributed by atoms with E-state index in [0.717, 1.165) is 17.9 Å². The van der Waals surface area contributed by atoms with Gasteiger partial charge in [0.05, 0.1) is 0 Å². The summed E-state index contributed by atoms with van der Waals surface area (Å²) in [6.07, 6.45) is 0. The number of nitrogens with one attached hydrogen (secondary N) is 3. The molecule has 100 valence electrons. The van der Waals surface area contributed by atoms with Crippen LogP contribution in [0.4, 0.5) is 16.2 Å². The van der Waals surface area contributed by atoms with Crippen LogP contribution in [0.1, 0.15) is 10.4 Å². The summed E-state index contributed by atoms with van der Waals surface area (Å²) in [7, 11) is 1.59. The van der Waals surface area contributed by atoms with E-state index in [1.807, 2.05) is 24.3 Å². The van der Waals surface area contributed by atoms with Gasteiger partial charge < -0.3 is 16.0 Å². The largest absolute Gasteiger partial charge is 0.380 e. The van der Waals surface area contributed by atoms with Gasteiger partial charge in [0.25, 0.3) is 0 Å². The zero-order valence-corrected chi connectivity index (χ0v) is 11.8. The highest BCUT2D eigenvalue weighted by Crippen LogP contribution is 2.19. The molecule has 0 atom stereocenters. The lowest BCUT2D eigenvalue weighted by atomic mass is 10.2. The Morgan fingerprint density at radius 3 is 2.42 bits per heavy atom. The number of benzene rings is 1. The Morgan fingerprint density at radius 2 is 1.84 bits per heavy atom. The molecule has 0 aliphatic heterocycles. The summed E-state index contributed by atoms with van der Waals surface area (Å²) in [5.41, 5.74) is 3.13. The average molecular weight is 275 g/mol.